The number of hydrogen-bond donors (Lipinski definition) is 1. The summed E-state index contributed by atoms with van der Waals surface area (Å²) in [4.78, 5) is 6.63. The smallest absolute Gasteiger partial charge is 0.0650 e. The Morgan fingerprint density at radius 3 is 2.71 bits per heavy atom. The minimum absolute atomic E-state index is 0.336. The maximum atomic E-state index is 5.87. The van der Waals surface area contributed by atoms with Gasteiger partial charge in [-0.15, -0.1) is 0 Å². The molecule has 1 aromatic rings. The van der Waals surface area contributed by atoms with Gasteiger partial charge in [-0.3, -0.25) is 4.98 Å². The summed E-state index contributed by atoms with van der Waals surface area (Å²) in [6, 6.07) is 3.81. The Morgan fingerprint density at radius 2 is 2.21 bits per heavy atom. The van der Waals surface area contributed by atoms with Crippen LogP contribution in [-0.2, 0) is 6.42 Å². The Balaban J connectivity index is 2.15. The lowest BCUT2D eigenvalue weighted by Crippen LogP contribution is -2.32. The van der Waals surface area contributed by atoms with E-state index in [1.54, 1.807) is 0 Å². The van der Waals surface area contributed by atoms with Crippen molar-refractivity contribution < 1.29 is 0 Å². The molecule has 0 aromatic carbocycles. The van der Waals surface area contributed by atoms with Gasteiger partial charge in [0.05, 0.1) is 11.4 Å². The zero-order valence-corrected chi connectivity index (χ0v) is 8.83. The van der Waals surface area contributed by atoms with Gasteiger partial charge in [-0.2, -0.15) is 0 Å². The van der Waals surface area contributed by atoms with Gasteiger partial charge in [-0.25, -0.2) is 0 Å². The van der Waals surface area contributed by atoms with Crippen molar-refractivity contribution in [3.8, 4) is 0 Å². The lowest BCUT2D eigenvalue weighted by atomic mass is 10.1. The predicted molar refractivity (Wildman–Crippen MR) is 58.0 cm³/mol. The van der Waals surface area contributed by atoms with Gasteiger partial charge in [0.15, 0.2) is 0 Å². The fourth-order valence-corrected chi connectivity index (χ4v) is 1.84. The first-order chi connectivity index (χ1) is 6.64. The second-order valence-corrected chi connectivity index (χ2v) is 4.33. The molecule has 1 aromatic heterocycles. The molecule has 1 saturated carbocycles. The van der Waals surface area contributed by atoms with Gasteiger partial charge in [0.2, 0.25) is 0 Å². The van der Waals surface area contributed by atoms with Gasteiger partial charge in [-0.05, 0) is 39.1 Å². The van der Waals surface area contributed by atoms with E-state index in [0.717, 1.165) is 17.8 Å². The van der Waals surface area contributed by atoms with Gasteiger partial charge in [0.25, 0.3) is 0 Å². The number of nitrogens with two attached hydrogens (primary N) is 1. The molecule has 1 aliphatic rings. The Kier molecular flexibility index (Phi) is 2.19. The number of anilines is 1. The summed E-state index contributed by atoms with van der Waals surface area (Å²) >= 11 is 0. The molecule has 76 valence electrons. The Hall–Kier alpha value is -1.09. The summed E-state index contributed by atoms with van der Waals surface area (Å²) in [5, 5.41) is 0. The molecule has 0 amide bonds. The Morgan fingerprint density at radius 1 is 1.50 bits per heavy atom. The van der Waals surface area contributed by atoms with Gasteiger partial charge in [-0.1, -0.05) is 0 Å². The van der Waals surface area contributed by atoms with E-state index >= 15 is 0 Å². The molecule has 0 saturated heterocycles. The van der Waals surface area contributed by atoms with Crippen LogP contribution in [0.2, 0.25) is 0 Å². The minimum Gasteiger partial charge on any atom is -0.397 e. The van der Waals surface area contributed by atoms with Gasteiger partial charge >= 0.3 is 0 Å². The van der Waals surface area contributed by atoms with Crippen LogP contribution >= 0.6 is 0 Å². The molecule has 2 rings (SSSR count). The summed E-state index contributed by atoms with van der Waals surface area (Å²) in [5.41, 5.74) is 8.07. The molecule has 14 heavy (non-hydrogen) atoms. The van der Waals surface area contributed by atoms with Crippen LogP contribution in [0.1, 0.15) is 18.5 Å². The van der Waals surface area contributed by atoms with Crippen molar-refractivity contribution in [1.29, 1.82) is 0 Å². The average Bonchev–Trinajstić information content (AvgIpc) is 2.90. The SMILES string of the molecule is CN(C)C1(Cc2ncccc2N)CC1. The third-order valence-electron chi connectivity index (χ3n) is 3.20. The van der Waals surface area contributed by atoms with Crippen molar-refractivity contribution in [2.24, 2.45) is 0 Å². The topological polar surface area (TPSA) is 42.2 Å². The molecular weight excluding hydrogens is 174 g/mol. The van der Waals surface area contributed by atoms with Gasteiger partial charge in [0.1, 0.15) is 0 Å². The number of nitrogen functional groups attached to an aromatic ring is 1. The highest BCUT2D eigenvalue weighted by Gasteiger charge is 2.45. The summed E-state index contributed by atoms with van der Waals surface area (Å²) in [7, 11) is 4.26. The highest BCUT2D eigenvalue weighted by atomic mass is 15.2. The number of aromatic nitrogens is 1. The van der Waals surface area contributed by atoms with Crippen LogP contribution in [-0.4, -0.2) is 29.5 Å². The van der Waals surface area contributed by atoms with E-state index in [1.165, 1.54) is 12.8 Å². The maximum absolute atomic E-state index is 5.87. The monoisotopic (exact) mass is 191 g/mol. The highest BCUT2D eigenvalue weighted by molar-refractivity contribution is 5.43. The number of rotatable bonds is 3. The predicted octanol–water partition coefficient (Wildman–Crippen LogP) is 1.30. The zero-order chi connectivity index (χ0) is 10.2. The molecule has 1 aliphatic carbocycles. The molecule has 1 heterocycles. The van der Waals surface area contributed by atoms with Crippen molar-refractivity contribution in [3.05, 3.63) is 24.0 Å². The van der Waals surface area contributed by atoms with Crippen molar-refractivity contribution >= 4 is 5.69 Å². The largest absolute Gasteiger partial charge is 0.397 e. The van der Waals surface area contributed by atoms with Gasteiger partial charge < -0.3 is 10.6 Å². The second-order valence-electron chi connectivity index (χ2n) is 4.33. The fraction of sp³-hybridized carbons (Fsp3) is 0.545. The van der Waals surface area contributed by atoms with Crippen LogP contribution in [0.4, 0.5) is 5.69 Å². The Bertz CT molecular complexity index is 329. The Labute approximate surface area is 84.9 Å². The molecule has 3 nitrogen and oxygen atoms in total. The number of nitrogens with zero attached hydrogens (tertiary/aromatic N) is 2. The van der Waals surface area contributed by atoms with Crippen molar-refractivity contribution in [2.75, 3.05) is 19.8 Å². The molecule has 3 heteroatoms. The highest BCUT2D eigenvalue weighted by Crippen LogP contribution is 2.43. The van der Waals surface area contributed by atoms with Crippen molar-refractivity contribution in [2.45, 2.75) is 24.8 Å². The second kappa shape index (κ2) is 3.24. The van der Waals surface area contributed by atoms with Crippen molar-refractivity contribution in [3.63, 3.8) is 0 Å². The first-order valence-electron chi connectivity index (χ1n) is 5.01. The van der Waals surface area contributed by atoms with Crippen molar-refractivity contribution in [1.82, 2.24) is 9.88 Å². The van der Waals surface area contributed by atoms with E-state index in [9.17, 15) is 0 Å². The molecule has 0 aliphatic heterocycles. The maximum Gasteiger partial charge on any atom is 0.0650 e. The first-order valence-corrected chi connectivity index (χ1v) is 5.01. The molecule has 2 N–H and O–H groups in total. The van der Waals surface area contributed by atoms with Crippen LogP contribution in [0.15, 0.2) is 18.3 Å². The quantitative estimate of drug-likeness (QED) is 0.783. The van der Waals surface area contributed by atoms with Gasteiger partial charge in [0, 0.05) is 18.2 Å². The van der Waals surface area contributed by atoms with Crippen LogP contribution < -0.4 is 5.73 Å². The molecule has 0 unspecified atom stereocenters. The third-order valence-corrected chi connectivity index (χ3v) is 3.20. The minimum atomic E-state index is 0.336. The summed E-state index contributed by atoms with van der Waals surface area (Å²) in [5.74, 6) is 0. The van der Waals surface area contributed by atoms with Crippen LogP contribution in [0, 0.1) is 0 Å². The van der Waals surface area contributed by atoms with E-state index < -0.39 is 0 Å². The third kappa shape index (κ3) is 1.60. The molecule has 0 radical (unpaired) electrons. The molecule has 1 fully saturated rings. The summed E-state index contributed by atoms with van der Waals surface area (Å²) < 4.78 is 0. The molecule has 0 atom stereocenters. The fourth-order valence-electron chi connectivity index (χ4n) is 1.84. The lowest BCUT2D eigenvalue weighted by molar-refractivity contribution is 0.268. The molecular formula is C11H17N3. The summed E-state index contributed by atoms with van der Waals surface area (Å²) in [6.07, 6.45) is 5.32. The lowest BCUT2D eigenvalue weighted by Gasteiger charge is -2.23. The molecule has 0 spiro atoms. The standard InChI is InChI=1S/C11H17N3/c1-14(2)11(5-6-11)8-10-9(12)4-3-7-13-10/h3-4,7H,5-6,8,12H2,1-2H3. The van der Waals surface area contributed by atoms with Crippen LogP contribution in [0.25, 0.3) is 0 Å². The van der Waals surface area contributed by atoms with E-state index in [2.05, 4.69) is 24.0 Å². The first kappa shape index (κ1) is 9.46. The van der Waals surface area contributed by atoms with E-state index in [1.807, 2.05) is 18.3 Å². The normalized spacial score (nSPS) is 18.5. The number of hydrogen-bond acceptors (Lipinski definition) is 3. The van der Waals surface area contributed by atoms with Crippen LogP contribution in [0.5, 0.6) is 0 Å². The van der Waals surface area contributed by atoms with Crippen LogP contribution in [0.3, 0.4) is 0 Å². The van der Waals surface area contributed by atoms with E-state index in [4.69, 9.17) is 5.73 Å². The summed E-state index contributed by atoms with van der Waals surface area (Å²) in [6.45, 7) is 0. The average molecular weight is 191 g/mol. The van der Waals surface area contributed by atoms with E-state index in [-0.39, 0.29) is 0 Å². The zero-order valence-electron chi connectivity index (χ0n) is 8.83. The number of pyridine rings is 1. The molecule has 0 bridgehead atoms. The van der Waals surface area contributed by atoms with E-state index in [0.29, 0.717) is 5.54 Å². The number of likely N-dealkylation sites (N-methyl/N-ethyl adjacent to an activating group) is 1.